The second kappa shape index (κ2) is 7.13. The van der Waals surface area contributed by atoms with Gasteiger partial charge in [0.1, 0.15) is 5.60 Å². The van der Waals surface area contributed by atoms with E-state index in [4.69, 9.17) is 4.74 Å². The van der Waals surface area contributed by atoms with E-state index in [2.05, 4.69) is 36.5 Å². The van der Waals surface area contributed by atoms with Crippen LogP contribution in [0, 0.1) is 5.92 Å². The maximum absolute atomic E-state index is 11.8. The standard InChI is InChI=1S/C16H30N4O2/c1-12(2)16(6,11-17-14(21)22-15(3,4)5)18-8-13-9-19-20(7)10-13/h9-10,12,18H,8,11H2,1-7H3,(H,17,21). The molecule has 2 N–H and O–H groups in total. The summed E-state index contributed by atoms with van der Waals surface area (Å²) in [7, 11) is 1.90. The van der Waals surface area contributed by atoms with E-state index in [1.54, 1.807) is 4.68 Å². The molecule has 1 aromatic rings. The molecule has 0 aliphatic rings. The van der Waals surface area contributed by atoms with Gasteiger partial charge in [0.2, 0.25) is 0 Å². The van der Waals surface area contributed by atoms with E-state index in [0.717, 1.165) is 5.56 Å². The fraction of sp³-hybridized carbons (Fsp3) is 0.750. The van der Waals surface area contributed by atoms with E-state index in [1.165, 1.54) is 0 Å². The van der Waals surface area contributed by atoms with Gasteiger partial charge in [-0.2, -0.15) is 5.10 Å². The molecule has 0 aliphatic heterocycles. The van der Waals surface area contributed by atoms with Gasteiger partial charge in [0.05, 0.1) is 6.20 Å². The Kier molecular flexibility index (Phi) is 6.00. The number of carbonyl (C=O) groups excluding carboxylic acids is 1. The molecule has 1 unspecified atom stereocenters. The van der Waals surface area contributed by atoms with Crippen molar-refractivity contribution in [3.8, 4) is 0 Å². The highest BCUT2D eigenvalue weighted by Crippen LogP contribution is 2.17. The minimum absolute atomic E-state index is 0.229. The normalized spacial score (nSPS) is 14.7. The lowest BCUT2D eigenvalue weighted by atomic mass is 9.88. The van der Waals surface area contributed by atoms with Crippen LogP contribution in [-0.2, 0) is 18.3 Å². The molecule has 0 aromatic carbocycles. The summed E-state index contributed by atoms with van der Waals surface area (Å²) in [6, 6.07) is 0. The van der Waals surface area contributed by atoms with E-state index in [9.17, 15) is 4.79 Å². The van der Waals surface area contributed by atoms with Gasteiger partial charge in [-0.3, -0.25) is 4.68 Å². The van der Waals surface area contributed by atoms with Gasteiger partial charge in [0.25, 0.3) is 0 Å². The van der Waals surface area contributed by atoms with Crippen molar-refractivity contribution < 1.29 is 9.53 Å². The van der Waals surface area contributed by atoms with E-state index in [-0.39, 0.29) is 11.6 Å². The SMILES string of the molecule is CC(C)C(C)(CNC(=O)OC(C)(C)C)NCc1cnn(C)c1. The fourth-order valence-electron chi connectivity index (χ4n) is 1.91. The van der Waals surface area contributed by atoms with Gasteiger partial charge in [-0.05, 0) is 33.6 Å². The molecule has 1 amide bonds. The molecular weight excluding hydrogens is 280 g/mol. The van der Waals surface area contributed by atoms with Crippen LogP contribution >= 0.6 is 0 Å². The lowest BCUT2D eigenvalue weighted by Crippen LogP contribution is -2.55. The van der Waals surface area contributed by atoms with E-state index >= 15 is 0 Å². The third-order valence-electron chi connectivity index (χ3n) is 3.73. The van der Waals surface area contributed by atoms with Crippen LogP contribution in [0.25, 0.3) is 0 Å². The number of aromatic nitrogens is 2. The summed E-state index contributed by atoms with van der Waals surface area (Å²) >= 11 is 0. The average molecular weight is 310 g/mol. The highest BCUT2D eigenvalue weighted by Gasteiger charge is 2.29. The van der Waals surface area contributed by atoms with Crippen LogP contribution in [-0.4, -0.2) is 33.6 Å². The number of carbonyl (C=O) groups is 1. The zero-order valence-corrected chi connectivity index (χ0v) is 14.9. The molecule has 0 saturated carbocycles. The first-order valence-corrected chi connectivity index (χ1v) is 7.71. The molecule has 0 bridgehead atoms. The Balaban J connectivity index is 2.57. The zero-order chi connectivity index (χ0) is 17.0. The van der Waals surface area contributed by atoms with Gasteiger partial charge in [0.15, 0.2) is 0 Å². The maximum Gasteiger partial charge on any atom is 0.407 e. The molecule has 0 spiro atoms. The Bertz CT molecular complexity index is 491. The molecule has 1 rings (SSSR count). The van der Waals surface area contributed by atoms with E-state index in [1.807, 2.05) is 40.2 Å². The van der Waals surface area contributed by atoms with Crippen LogP contribution in [0.2, 0.25) is 0 Å². The Morgan fingerprint density at radius 3 is 2.45 bits per heavy atom. The number of nitrogens with one attached hydrogen (secondary N) is 2. The summed E-state index contributed by atoms with van der Waals surface area (Å²) in [4.78, 5) is 11.8. The Hall–Kier alpha value is -1.56. The van der Waals surface area contributed by atoms with Crippen molar-refractivity contribution in [1.29, 1.82) is 0 Å². The predicted molar refractivity (Wildman–Crippen MR) is 87.5 cm³/mol. The molecule has 0 aliphatic carbocycles. The minimum atomic E-state index is -0.485. The molecule has 0 radical (unpaired) electrons. The molecule has 1 atom stereocenters. The highest BCUT2D eigenvalue weighted by molar-refractivity contribution is 5.67. The quantitative estimate of drug-likeness (QED) is 0.847. The smallest absolute Gasteiger partial charge is 0.407 e. The zero-order valence-electron chi connectivity index (χ0n) is 14.9. The van der Waals surface area contributed by atoms with Crippen LogP contribution in [0.4, 0.5) is 4.79 Å². The van der Waals surface area contributed by atoms with Gasteiger partial charge >= 0.3 is 6.09 Å². The number of hydrogen-bond acceptors (Lipinski definition) is 4. The largest absolute Gasteiger partial charge is 0.444 e. The van der Waals surface area contributed by atoms with Gasteiger partial charge in [-0.15, -0.1) is 0 Å². The molecular formula is C16H30N4O2. The highest BCUT2D eigenvalue weighted by atomic mass is 16.6. The Morgan fingerprint density at radius 1 is 1.36 bits per heavy atom. The second-order valence-electron chi connectivity index (χ2n) is 7.30. The van der Waals surface area contributed by atoms with Crippen molar-refractivity contribution >= 4 is 6.09 Å². The second-order valence-corrected chi connectivity index (χ2v) is 7.30. The van der Waals surface area contributed by atoms with Crippen molar-refractivity contribution in [1.82, 2.24) is 20.4 Å². The Labute approximate surface area is 133 Å². The third kappa shape index (κ3) is 6.05. The van der Waals surface area contributed by atoms with Crippen LogP contribution in [0.1, 0.15) is 47.1 Å². The summed E-state index contributed by atoms with van der Waals surface area (Å²) in [5.41, 5.74) is 0.403. The van der Waals surface area contributed by atoms with Gasteiger partial charge in [0, 0.05) is 37.4 Å². The molecule has 1 aromatic heterocycles. The minimum Gasteiger partial charge on any atom is -0.444 e. The molecule has 6 nitrogen and oxygen atoms in total. The Morgan fingerprint density at radius 2 is 2.00 bits per heavy atom. The van der Waals surface area contributed by atoms with Crippen LogP contribution < -0.4 is 10.6 Å². The van der Waals surface area contributed by atoms with Crippen LogP contribution in [0.5, 0.6) is 0 Å². The topological polar surface area (TPSA) is 68.2 Å². The number of nitrogens with zero attached hydrogens (tertiary/aromatic N) is 2. The first-order chi connectivity index (χ1) is 10.0. The van der Waals surface area contributed by atoms with Gasteiger partial charge in [-0.25, -0.2) is 4.79 Å². The molecule has 6 heteroatoms. The fourth-order valence-corrected chi connectivity index (χ4v) is 1.91. The van der Waals surface area contributed by atoms with E-state index in [0.29, 0.717) is 19.0 Å². The first-order valence-electron chi connectivity index (χ1n) is 7.71. The summed E-state index contributed by atoms with van der Waals surface area (Å²) in [6.45, 7) is 13.1. The number of alkyl carbamates (subject to hydrolysis) is 1. The van der Waals surface area contributed by atoms with E-state index < -0.39 is 5.60 Å². The molecule has 0 fully saturated rings. The molecule has 1 heterocycles. The number of amides is 1. The summed E-state index contributed by atoms with van der Waals surface area (Å²) in [5, 5.41) is 10.5. The van der Waals surface area contributed by atoms with Crippen LogP contribution in [0.15, 0.2) is 12.4 Å². The lowest BCUT2D eigenvalue weighted by Gasteiger charge is -2.35. The van der Waals surface area contributed by atoms with Crippen molar-refractivity contribution in [2.75, 3.05) is 6.54 Å². The monoisotopic (exact) mass is 310 g/mol. The first kappa shape index (κ1) is 18.5. The maximum atomic E-state index is 11.8. The molecule has 0 saturated heterocycles. The summed E-state index contributed by atoms with van der Waals surface area (Å²) in [5.74, 6) is 0.346. The van der Waals surface area contributed by atoms with Crippen molar-refractivity contribution in [2.45, 2.75) is 59.2 Å². The predicted octanol–water partition coefficient (Wildman–Crippen LogP) is 2.45. The average Bonchev–Trinajstić information content (AvgIpc) is 2.77. The lowest BCUT2D eigenvalue weighted by molar-refractivity contribution is 0.0503. The number of aryl methyl sites for hydroxylation is 1. The number of rotatable bonds is 6. The molecule has 126 valence electrons. The summed E-state index contributed by atoms with van der Waals surface area (Å²) < 4.78 is 7.07. The van der Waals surface area contributed by atoms with Crippen molar-refractivity contribution in [3.05, 3.63) is 18.0 Å². The van der Waals surface area contributed by atoms with Crippen molar-refractivity contribution in [3.63, 3.8) is 0 Å². The van der Waals surface area contributed by atoms with Crippen LogP contribution in [0.3, 0.4) is 0 Å². The summed E-state index contributed by atoms with van der Waals surface area (Å²) in [6.07, 6.45) is 3.44. The third-order valence-corrected chi connectivity index (χ3v) is 3.73. The van der Waals surface area contributed by atoms with Gasteiger partial charge < -0.3 is 15.4 Å². The number of hydrogen-bond donors (Lipinski definition) is 2. The number of ether oxygens (including phenoxy) is 1. The molecule has 22 heavy (non-hydrogen) atoms. The van der Waals surface area contributed by atoms with Gasteiger partial charge in [-0.1, -0.05) is 13.8 Å². The van der Waals surface area contributed by atoms with Crippen molar-refractivity contribution in [2.24, 2.45) is 13.0 Å².